The van der Waals surface area contributed by atoms with Crippen molar-refractivity contribution in [2.45, 2.75) is 46.0 Å². The molecular weight excluding hydrogens is 316 g/mol. The topological polar surface area (TPSA) is 77.8 Å². The van der Waals surface area contributed by atoms with Crippen LogP contribution in [0.25, 0.3) is 10.8 Å². The summed E-state index contributed by atoms with van der Waals surface area (Å²) in [5.74, 6) is -0.561. The molecule has 4 nitrogen and oxygen atoms in total. The van der Waals surface area contributed by atoms with Crippen molar-refractivity contribution < 1.29 is 20.1 Å². The summed E-state index contributed by atoms with van der Waals surface area (Å²) in [6.45, 7) is 4.17. The zero-order valence-electron chi connectivity index (χ0n) is 14.7. The molecule has 0 radical (unpaired) electrons. The lowest BCUT2D eigenvalue weighted by Crippen LogP contribution is -2.22. The maximum atomic E-state index is 13.0. The Morgan fingerprint density at radius 2 is 1.92 bits per heavy atom. The molecule has 0 saturated heterocycles. The second kappa shape index (κ2) is 6.79. The summed E-state index contributed by atoms with van der Waals surface area (Å²) in [6.07, 6.45) is 6.84. The summed E-state index contributed by atoms with van der Waals surface area (Å²) in [6, 6.07) is 4.44. The molecule has 2 aromatic rings. The maximum absolute atomic E-state index is 13.0. The number of carbonyl (C=O) groups is 1. The van der Waals surface area contributed by atoms with Crippen LogP contribution < -0.4 is 0 Å². The first-order chi connectivity index (χ1) is 11.9. The molecule has 1 atom stereocenters. The normalized spacial score (nSPS) is 18.7. The molecular formula is C21H24O4. The first-order valence-electron chi connectivity index (χ1n) is 8.89. The average molecular weight is 340 g/mol. The quantitative estimate of drug-likeness (QED) is 0.550. The van der Waals surface area contributed by atoms with Crippen LogP contribution >= 0.6 is 0 Å². The van der Waals surface area contributed by atoms with Gasteiger partial charge in [-0.2, -0.15) is 0 Å². The second-order valence-corrected chi connectivity index (χ2v) is 6.91. The highest BCUT2D eigenvalue weighted by Gasteiger charge is 2.31. The molecule has 0 unspecified atom stereocenters. The van der Waals surface area contributed by atoms with Gasteiger partial charge in [-0.1, -0.05) is 32.8 Å². The van der Waals surface area contributed by atoms with Crippen molar-refractivity contribution >= 4 is 16.6 Å². The monoisotopic (exact) mass is 340 g/mol. The number of unbranched alkanes of at least 4 members (excludes halogenated alkanes) is 3. The average Bonchev–Trinajstić information content (AvgIpc) is 2.52. The lowest BCUT2D eigenvalue weighted by molar-refractivity contribution is 0.101. The molecule has 0 heterocycles. The SMILES string of the molecule is CCCCC/C=C1/C(=O)c2c(cc3cc(O)cc(O)c3c2O)C[C@H]1C. The van der Waals surface area contributed by atoms with Gasteiger partial charge in [0.15, 0.2) is 5.78 Å². The van der Waals surface area contributed by atoms with Crippen molar-refractivity contribution in [2.24, 2.45) is 5.92 Å². The van der Waals surface area contributed by atoms with E-state index in [9.17, 15) is 20.1 Å². The number of aromatic hydroxyl groups is 3. The van der Waals surface area contributed by atoms with Gasteiger partial charge in [0.25, 0.3) is 0 Å². The van der Waals surface area contributed by atoms with E-state index in [1.54, 1.807) is 6.07 Å². The predicted molar refractivity (Wildman–Crippen MR) is 98.4 cm³/mol. The summed E-state index contributed by atoms with van der Waals surface area (Å²) in [5, 5.41) is 31.2. The van der Waals surface area contributed by atoms with E-state index in [0.29, 0.717) is 11.8 Å². The Kier molecular flexibility index (Phi) is 4.71. The van der Waals surface area contributed by atoms with Crippen LogP contribution in [0.1, 0.15) is 55.5 Å². The lowest BCUT2D eigenvalue weighted by Gasteiger charge is -2.25. The summed E-state index contributed by atoms with van der Waals surface area (Å²) < 4.78 is 0. The number of hydrogen-bond donors (Lipinski definition) is 3. The van der Waals surface area contributed by atoms with Crippen molar-refractivity contribution in [3.8, 4) is 17.2 Å². The number of rotatable bonds is 4. The number of fused-ring (bicyclic) bond motifs is 2. The first-order valence-corrected chi connectivity index (χ1v) is 8.89. The molecule has 4 heteroatoms. The molecule has 132 valence electrons. The molecule has 3 rings (SSSR count). The van der Waals surface area contributed by atoms with Gasteiger partial charge in [0.1, 0.15) is 17.2 Å². The van der Waals surface area contributed by atoms with Gasteiger partial charge in [-0.25, -0.2) is 0 Å². The fourth-order valence-electron chi connectivity index (χ4n) is 3.71. The van der Waals surface area contributed by atoms with Crippen LogP contribution in [0.2, 0.25) is 0 Å². The third-order valence-corrected chi connectivity index (χ3v) is 4.98. The van der Waals surface area contributed by atoms with Crippen LogP contribution in [0, 0.1) is 5.92 Å². The van der Waals surface area contributed by atoms with Crippen molar-refractivity contribution in [3.63, 3.8) is 0 Å². The number of ketones is 1. The largest absolute Gasteiger partial charge is 0.508 e. The Balaban J connectivity index is 2.09. The number of benzene rings is 2. The highest BCUT2D eigenvalue weighted by Crippen LogP contribution is 2.43. The summed E-state index contributed by atoms with van der Waals surface area (Å²) in [4.78, 5) is 13.0. The highest BCUT2D eigenvalue weighted by atomic mass is 16.3. The van der Waals surface area contributed by atoms with Gasteiger partial charge < -0.3 is 15.3 Å². The smallest absolute Gasteiger partial charge is 0.192 e. The minimum atomic E-state index is -0.227. The van der Waals surface area contributed by atoms with Gasteiger partial charge in [-0.3, -0.25) is 4.79 Å². The fraction of sp³-hybridized carbons (Fsp3) is 0.381. The minimum absolute atomic E-state index is 0.0731. The van der Waals surface area contributed by atoms with Crippen molar-refractivity contribution in [2.75, 3.05) is 0 Å². The molecule has 0 aromatic heterocycles. The van der Waals surface area contributed by atoms with Crippen molar-refractivity contribution in [3.05, 3.63) is 41.0 Å². The third kappa shape index (κ3) is 3.09. The summed E-state index contributed by atoms with van der Waals surface area (Å²) in [7, 11) is 0. The third-order valence-electron chi connectivity index (χ3n) is 4.98. The van der Waals surface area contributed by atoms with Gasteiger partial charge in [0, 0.05) is 6.07 Å². The van der Waals surface area contributed by atoms with E-state index in [2.05, 4.69) is 6.92 Å². The molecule has 0 saturated carbocycles. The number of phenolic OH excluding ortho intramolecular Hbond substituents is 3. The standard InChI is InChI=1S/C21H24O4/c1-3-4-5-6-7-16-12(2)8-13-9-14-10-15(22)11-17(23)18(14)21(25)19(13)20(16)24/h7,9-12,22-23,25H,3-6,8H2,1-2H3/b16-7+/t12-/m1/s1. The van der Waals surface area contributed by atoms with Crippen molar-refractivity contribution in [1.29, 1.82) is 0 Å². The maximum Gasteiger partial charge on any atom is 0.192 e. The number of allylic oxidation sites excluding steroid dienone is 2. The van der Waals surface area contributed by atoms with E-state index in [1.807, 2.05) is 13.0 Å². The van der Waals surface area contributed by atoms with Gasteiger partial charge in [-0.15, -0.1) is 0 Å². The zero-order chi connectivity index (χ0) is 18.1. The molecule has 0 fully saturated rings. The Labute approximate surface area is 147 Å². The number of phenols is 3. The summed E-state index contributed by atoms with van der Waals surface area (Å²) >= 11 is 0. The van der Waals surface area contributed by atoms with Gasteiger partial charge >= 0.3 is 0 Å². The number of carbonyl (C=O) groups excluding carboxylic acids is 1. The molecule has 3 N–H and O–H groups in total. The van der Waals surface area contributed by atoms with Gasteiger partial charge in [0.2, 0.25) is 0 Å². The van der Waals surface area contributed by atoms with E-state index >= 15 is 0 Å². The molecule has 0 aliphatic heterocycles. The van der Waals surface area contributed by atoms with Crippen LogP contribution in [0.3, 0.4) is 0 Å². The van der Waals surface area contributed by atoms with Crippen LogP contribution in [0.4, 0.5) is 0 Å². The van der Waals surface area contributed by atoms with Crippen LogP contribution in [-0.4, -0.2) is 21.1 Å². The van der Waals surface area contributed by atoms with Gasteiger partial charge in [-0.05, 0) is 53.8 Å². The van der Waals surface area contributed by atoms with Crippen LogP contribution in [0.5, 0.6) is 17.2 Å². The Hall–Kier alpha value is -2.49. The Morgan fingerprint density at radius 3 is 2.64 bits per heavy atom. The first kappa shape index (κ1) is 17.3. The molecule has 1 aliphatic carbocycles. The van der Waals surface area contributed by atoms with E-state index in [0.717, 1.165) is 36.8 Å². The molecule has 0 bridgehead atoms. The lowest BCUT2D eigenvalue weighted by atomic mass is 9.78. The highest BCUT2D eigenvalue weighted by molar-refractivity contribution is 6.16. The molecule has 1 aliphatic rings. The van der Waals surface area contributed by atoms with Crippen LogP contribution in [-0.2, 0) is 6.42 Å². The van der Waals surface area contributed by atoms with E-state index in [1.165, 1.54) is 12.1 Å². The second-order valence-electron chi connectivity index (χ2n) is 6.91. The number of hydrogen-bond acceptors (Lipinski definition) is 4. The zero-order valence-corrected chi connectivity index (χ0v) is 14.7. The van der Waals surface area contributed by atoms with E-state index in [4.69, 9.17) is 0 Å². The summed E-state index contributed by atoms with van der Waals surface area (Å²) in [5.41, 5.74) is 1.79. The molecule has 2 aromatic carbocycles. The predicted octanol–water partition coefficient (Wildman–Crippen LogP) is 4.84. The molecule has 25 heavy (non-hydrogen) atoms. The molecule has 0 spiro atoms. The Morgan fingerprint density at radius 1 is 1.16 bits per heavy atom. The van der Waals surface area contributed by atoms with Gasteiger partial charge in [0.05, 0.1) is 10.9 Å². The fourth-order valence-corrected chi connectivity index (χ4v) is 3.71. The van der Waals surface area contributed by atoms with Crippen LogP contribution in [0.15, 0.2) is 29.8 Å². The van der Waals surface area contributed by atoms with E-state index in [-0.39, 0.29) is 39.9 Å². The molecule has 0 amide bonds. The minimum Gasteiger partial charge on any atom is -0.508 e. The Bertz CT molecular complexity index is 864. The van der Waals surface area contributed by atoms with E-state index < -0.39 is 0 Å². The van der Waals surface area contributed by atoms with Crippen molar-refractivity contribution in [1.82, 2.24) is 0 Å². The number of Topliss-reactive ketones (excluding diaryl/α,β-unsaturated/α-hetero) is 1.